The minimum Gasteiger partial charge on any atom is -0.586 e. The van der Waals surface area contributed by atoms with E-state index in [9.17, 15) is 5.11 Å². The van der Waals surface area contributed by atoms with Gasteiger partial charge in [-0.05, 0) is 37.2 Å². The van der Waals surface area contributed by atoms with E-state index in [4.69, 9.17) is 31.8 Å². The Hall–Kier alpha value is -0.925. The summed E-state index contributed by atoms with van der Waals surface area (Å²) in [6.45, 7) is 2.86. The van der Waals surface area contributed by atoms with Gasteiger partial charge in [-0.1, -0.05) is 29.0 Å². The molecule has 1 unspecified atom stereocenters. The van der Waals surface area contributed by atoms with Gasteiger partial charge in [-0.2, -0.15) is 0 Å². The van der Waals surface area contributed by atoms with Crippen LogP contribution in [0.5, 0.6) is 0 Å². The highest BCUT2D eigenvalue weighted by atomic mass is 35.5. The van der Waals surface area contributed by atoms with Crippen LogP contribution in [0.15, 0.2) is 18.2 Å². The molecule has 2 bridgehead atoms. The van der Waals surface area contributed by atoms with E-state index >= 15 is 0 Å². The molecule has 3 N–H and O–H groups in total. The van der Waals surface area contributed by atoms with Crippen molar-refractivity contribution >= 4 is 63.6 Å². The van der Waals surface area contributed by atoms with Crippen molar-refractivity contribution < 1.29 is 9.50 Å². The van der Waals surface area contributed by atoms with Crippen LogP contribution in [-0.2, 0) is 0 Å². The van der Waals surface area contributed by atoms with Crippen LogP contribution in [0, 0.1) is 5.92 Å². The lowest BCUT2D eigenvalue weighted by Gasteiger charge is -2.64. The summed E-state index contributed by atoms with van der Waals surface area (Å²) in [7, 11) is 6.34. The van der Waals surface area contributed by atoms with Crippen LogP contribution >= 0.6 is 35.2 Å². The molecule has 5 nitrogen and oxygen atoms in total. The highest BCUT2D eigenvalue weighted by molar-refractivity contribution is 7.80. The number of hydrogen-bond acceptors (Lipinski definition) is 4. The van der Waals surface area contributed by atoms with Crippen molar-refractivity contribution in [2.75, 3.05) is 31.5 Å². The third-order valence-electron chi connectivity index (χ3n) is 5.34. The van der Waals surface area contributed by atoms with Crippen molar-refractivity contribution in [1.29, 1.82) is 0 Å². The first-order valence-corrected chi connectivity index (χ1v) is 9.94. The van der Waals surface area contributed by atoms with Crippen molar-refractivity contribution in [2.24, 2.45) is 5.92 Å². The van der Waals surface area contributed by atoms with Gasteiger partial charge in [0.05, 0.1) is 22.8 Å². The fraction of sp³-hybridized carbons (Fsp3) is 0.500. The summed E-state index contributed by atoms with van der Waals surface area (Å²) in [5, 5.41) is 19.0. The quantitative estimate of drug-likeness (QED) is 0.552. The second-order valence-corrected chi connectivity index (χ2v) is 8.96. The van der Waals surface area contributed by atoms with Gasteiger partial charge in [0, 0.05) is 19.0 Å². The second-order valence-electron chi connectivity index (χ2n) is 7.11. The van der Waals surface area contributed by atoms with Crippen LogP contribution < -0.4 is 10.6 Å². The van der Waals surface area contributed by atoms with Crippen molar-refractivity contribution in [3.63, 3.8) is 0 Å². The number of nitrogens with zero attached hydrogens (tertiary/aromatic N) is 2. The molecule has 2 aromatic rings. The number of nitrogens with one attached hydrogen (secondary N) is 2. The van der Waals surface area contributed by atoms with Gasteiger partial charge in [-0.25, -0.2) is 13.0 Å². The molecule has 9 heteroatoms. The third kappa shape index (κ3) is 3.38. The number of hydrogen-bond donors (Lipinski definition) is 3. The molecule has 131 valence electrons. The highest BCUT2D eigenvalue weighted by Crippen LogP contribution is 2.38. The first kappa shape index (κ1) is 17.5. The van der Waals surface area contributed by atoms with Crippen LogP contribution in [0.3, 0.4) is 0 Å². The number of fused-ring (bicyclic) bond motifs is 4. The number of quaternary nitrogens is 1. The topological polar surface area (TPSA) is 57.2 Å². The summed E-state index contributed by atoms with van der Waals surface area (Å²) >= 11 is 13.0. The van der Waals surface area contributed by atoms with Crippen LogP contribution in [0.2, 0.25) is 5.02 Å². The van der Waals surface area contributed by atoms with Gasteiger partial charge in [0.15, 0.2) is 10.2 Å². The van der Waals surface area contributed by atoms with Crippen molar-refractivity contribution in [2.45, 2.75) is 18.4 Å². The fourth-order valence-corrected chi connectivity index (χ4v) is 5.40. The largest absolute Gasteiger partial charge is 0.586 e. The maximum Gasteiger partial charge on any atom is 0.190 e. The summed E-state index contributed by atoms with van der Waals surface area (Å²) in [4.78, 5) is 4.48. The molecule has 4 heterocycles. The van der Waals surface area contributed by atoms with Gasteiger partial charge in [-0.15, -0.1) is 0 Å². The maximum absolute atomic E-state index is 11.0. The zero-order valence-corrected chi connectivity index (χ0v) is 16.1. The van der Waals surface area contributed by atoms with Crippen molar-refractivity contribution in [1.82, 2.24) is 10.3 Å². The van der Waals surface area contributed by atoms with Crippen LogP contribution in [0.25, 0.3) is 10.2 Å². The molecule has 3 aliphatic rings. The van der Waals surface area contributed by atoms with E-state index in [2.05, 4.69) is 15.6 Å². The van der Waals surface area contributed by atoms with Crippen molar-refractivity contribution in [3.05, 3.63) is 23.2 Å². The van der Waals surface area contributed by atoms with E-state index in [1.54, 1.807) is 0 Å². The molecule has 1 atom stereocenters. The predicted molar refractivity (Wildman–Crippen MR) is 107 cm³/mol. The number of rotatable bonds is 3. The smallest absolute Gasteiger partial charge is 0.190 e. The number of aliphatic hydroxyl groups is 1. The molecule has 3 saturated heterocycles. The molecule has 0 spiro atoms. The molecule has 1 aromatic heterocycles. The molecule has 0 amide bonds. The molecule has 0 aliphatic carbocycles. The zero-order valence-electron chi connectivity index (χ0n) is 13.7. The lowest BCUT2D eigenvalue weighted by molar-refractivity contribution is -0.846. The Labute approximate surface area is 162 Å². The Morgan fingerprint density at radius 2 is 2.24 bits per heavy atom. The molecule has 3 radical (unpaired) electrons. The van der Waals surface area contributed by atoms with E-state index in [1.165, 1.54) is 11.3 Å². The number of thiazole rings is 1. The minimum absolute atomic E-state index is 0.285. The molecule has 5 rings (SSSR count). The Bertz CT molecular complexity index is 824. The molecule has 0 saturated carbocycles. The normalized spacial score (nSPS) is 31.2. The summed E-state index contributed by atoms with van der Waals surface area (Å²) in [5.41, 5.74) is -0.0430. The van der Waals surface area contributed by atoms with Crippen LogP contribution in [0.4, 0.5) is 5.13 Å². The Morgan fingerprint density at radius 1 is 1.48 bits per heavy atom. The number of halogens is 1. The minimum atomic E-state index is -0.812. The molecule has 3 aliphatic heterocycles. The lowest BCUT2D eigenvalue weighted by atomic mass is 9.72. The van der Waals surface area contributed by atoms with E-state index in [1.807, 2.05) is 18.2 Å². The molecule has 25 heavy (non-hydrogen) atoms. The molecular formula is C16H19BClN4OS2. The van der Waals surface area contributed by atoms with Crippen molar-refractivity contribution in [3.8, 4) is 0 Å². The highest BCUT2D eigenvalue weighted by Gasteiger charge is 2.48. The Kier molecular flexibility index (Phi) is 4.44. The SMILES string of the molecule is [B-][N+]12CCC(CC1)C(O)(CNC(=S)Nc1nc3c(Cl)cccc3s1)C2. The molecular weight excluding hydrogens is 375 g/mol. The second kappa shape index (κ2) is 6.35. The number of piperidine rings is 3. The number of aromatic nitrogens is 1. The average Bonchev–Trinajstić information content (AvgIpc) is 2.97. The summed E-state index contributed by atoms with van der Waals surface area (Å²) in [6, 6.07) is 5.69. The van der Waals surface area contributed by atoms with Gasteiger partial charge in [0.25, 0.3) is 0 Å². The summed E-state index contributed by atoms with van der Waals surface area (Å²) in [5.74, 6) is 0.285. The third-order valence-corrected chi connectivity index (χ3v) is 6.83. The first-order chi connectivity index (χ1) is 11.9. The number of thiocarbonyl (C=S) groups is 1. The number of anilines is 1. The molecule has 3 fully saturated rings. The Balaban J connectivity index is 1.40. The standard InChI is InChI=1S/C16H18BClN4OS2/c17-22-6-4-10(5-7-22)16(23,9-22)8-19-14(24)21-15-20-13-11(18)2-1-3-12(13)25-15/h1-3,10,23H,4-9H2,(H-,19,20,21,24)/q-1/p+1. The van der Waals surface area contributed by atoms with Gasteiger partial charge in [-0.3, -0.25) is 0 Å². The lowest BCUT2D eigenvalue weighted by Crippen LogP contribution is -2.70. The van der Waals surface area contributed by atoms with Gasteiger partial charge in [0.1, 0.15) is 11.1 Å². The fourth-order valence-electron chi connectivity index (χ4n) is 4.00. The predicted octanol–water partition coefficient (Wildman–Crippen LogP) is 2.29. The van der Waals surface area contributed by atoms with Gasteiger partial charge < -0.3 is 20.1 Å². The van der Waals surface area contributed by atoms with E-state index in [-0.39, 0.29) is 5.92 Å². The van der Waals surface area contributed by atoms with E-state index < -0.39 is 5.60 Å². The van der Waals surface area contributed by atoms with Crippen LogP contribution in [0.1, 0.15) is 12.8 Å². The van der Waals surface area contributed by atoms with E-state index in [0.717, 1.165) is 36.1 Å². The number of benzene rings is 1. The summed E-state index contributed by atoms with van der Waals surface area (Å²) < 4.78 is 1.47. The zero-order chi connectivity index (χ0) is 17.7. The van der Waals surface area contributed by atoms with E-state index in [0.29, 0.717) is 32.8 Å². The molecule has 1 aromatic carbocycles. The maximum atomic E-state index is 11.0. The van der Waals surface area contributed by atoms with Gasteiger partial charge >= 0.3 is 0 Å². The van der Waals surface area contributed by atoms with Crippen LogP contribution in [-0.4, -0.2) is 59.4 Å². The Morgan fingerprint density at radius 3 is 2.92 bits per heavy atom. The first-order valence-electron chi connectivity index (χ1n) is 8.34. The van der Waals surface area contributed by atoms with Gasteiger partial charge in [0.2, 0.25) is 0 Å². The monoisotopic (exact) mass is 393 g/mol. The summed E-state index contributed by atoms with van der Waals surface area (Å²) in [6.07, 6.45) is 1.93. The number of para-hydroxylation sites is 1. The average molecular weight is 394 g/mol.